The molecule has 0 bridgehead atoms. The van der Waals surface area contributed by atoms with E-state index in [0.717, 1.165) is 34.9 Å². The van der Waals surface area contributed by atoms with Crippen LogP contribution >= 0.6 is 0 Å². The van der Waals surface area contributed by atoms with E-state index in [1.807, 2.05) is 27.7 Å². The van der Waals surface area contributed by atoms with E-state index in [4.69, 9.17) is 0 Å². The minimum atomic E-state index is 0.711. The topological polar surface area (TPSA) is 34.1 Å². The largest absolute Gasteiger partial charge is 0.298 e. The maximum absolute atomic E-state index is 10.7. The number of carbonyl (C=O) groups excluding carboxylic acids is 2. The fraction of sp³-hybridized carbons (Fsp3) is 0.500. The number of rotatable bonds is 5. The van der Waals surface area contributed by atoms with Gasteiger partial charge in [-0.1, -0.05) is 13.8 Å². The summed E-state index contributed by atoms with van der Waals surface area (Å²) in [6.45, 7) is 7.66. The lowest BCUT2D eigenvalue weighted by atomic mass is 9.97. The van der Waals surface area contributed by atoms with Crippen molar-refractivity contribution in [2.75, 3.05) is 0 Å². The Morgan fingerprint density at radius 1 is 0.857 bits per heavy atom. The summed E-state index contributed by atoms with van der Waals surface area (Å²) in [5.41, 5.74) is 3.42. The molecule has 0 amide bonds. The molecule has 0 aromatic carbocycles. The van der Waals surface area contributed by atoms with Gasteiger partial charge in [0.05, 0.1) is 0 Å². The number of hydrogen-bond donors (Lipinski definition) is 0. The Morgan fingerprint density at radius 3 is 1.29 bits per heavy atom. The second-order valence-corrected chi connectivity index (χ2v) is 3.24. The lowest BCUT2D eigenvalue weighted by Crippen LogP contribution is -1.96. The van der Waals surface area contributed by atoms with E-state index in [9.17, 15) is 9.59 Å². The molecule has 0 aromatic heterocycles. The highest BCUT2D eigenvalue weighted by Crippen LogP contribution is 2.19. The Balaban J connectivity index is 5.28. The quantitative estimate of drug-likeness (QED) is 0.383. The van der Waals surface area contributed by atoms with Crippen LogP contribution < -0.4 is 0 Å². The molecule has 78 valence electrons. The highest BCUT2D eigenvalue weighted by atomic mass is 16.1. The minimum Gasteiger partial charge on any atom is -0.298 e. The molecule has 0 unspecified atom stereocenters. The molecule has 0 rings (SSSR count). The monoisotopic (exact) mass is 194 g/mol. The summed E-state index contributed by atoms with van der Waals surface area (Å²) < 4.78 is 0. The van der Waals surface area contributed by atoms with Crippen LogP contribution in [0.5, 0.6) is 0 Å². The van der Waals surface area contributed by atoms with E-state index in [2.05, 4.69) is 0 Å². The van der Waals surface area contributed by atoms with E-state index in [1.165, 1.54) is 0 Å². The molecule has 0 saturated heterocycles. The van der Waals surface area contributed by atoms with Crippen molar-refractivity contribution < 1.29 is 9.59 Å². The van der Waals surface area contributed by atoms with E-state index in [1.54, 1.807) is 0 Å². The molecule has 0 radical (unpaired) electrons. The summed E-state index contributed by atoms with van der Waals surface area (Å²) in [5.74, 6) is 0. The summed E-state index contributed by atoms with van der Waals surface area (Å²) in [6, 6.07) is 0. The average molecular weight is 194 g/mol. The van der Waals surface area contributed by atoms with Gasteiger partial charge in [0.25, 0.3) is 0 Å². The molecular formula is C12H18O2. The molecule has 2 heteroatoms. The molecule has 0 aromatic rings. The normalized spacial score (nSPS) is 14.3. The Hall–Kier alpha value is -1.18. The molecule has 0 saturated carbocycles. The van der Waals surface area contributed by atoms with Crippen molar-refractivity contribution in [1.82, 2.24) is 0 Å². The summed E-state index contributed by atoms with van der Waals surface area (Å²) in [5, 5.41) is 0. The van der Waals surface area contributed by atoms with Crippen LogP contribution in [-0.2, 0) is 9.59 Å². The van der Waals surface area contributed by atoms with E-state index < -0.39 is 0 Å². The molecule has 14 heavy (non-hydrogen) atoms. The van der Waals surface area contributed by atoms with E-state index >= 15 is 0 Å². The third-order valence-corrected chi connectivity index (χ3v) is 2.57. The van der Waals surface area contributed by atoms with Crippen LogP contribution in [0.4, 0.5) is 0 Å². The van der Waals surface area contributed by atoms with Crippen LogP contribution in [0.15, 0.2) is 22.3 Å². The van der Waals surface area contributed by atoms with Crippen LogP contribution in [0.2, 0.25) is 0 Å². The Kier molecular flexibility index (Phi) is 5.77. The van der Waals surface area contributed by atoms with Crippen molar-refractivity contribution in [1.29, 1.82) is 0 Å². The van der Waals surface area contributed by atoms with Gasteiger partial charge in [0.1, 0.15) is 12.6 Å². The lowest BCUT2D eigenvalue weighted by Gasteiger charge is -2.08. The summed E-state index contributed by atoms with van der Waals surface area (Å²) in [4.78, 5) is 21.4. The predicted octanol–water partition coefficient (Wildman–Crippen LogP) is 2.84. The fourth-order valence-electron chi connectivity index (χ4n) is 1.36. The highest BCUT2D eigenvalue weighted by Gasteiger charge is 2.05. The van der Waals surface area contributed by atoms with Gasteiger partial charge in [0.2, 0.25) is 0 Å². The van der Waals surface area contributed by atoms with Gasteiger partial charge in [-0.3, -0.25) is 9.59 Å². The van der Waals surface area contributed by atoms with Crippen LogP contribution in [0.25, 0.3) is 0 Å². The van der Waals surface area contributed by atoms with Gasteiger partial charge in [0, 0.05) is 0 Å². The van der Waals surface area contributed by atoms with Crippen LogP contribution in [0.3, 0.4) is 0 Å². The SMILES string of the molecule is CC/C(C=O)=C(C)\C(C)=C(\C=O)CC. The molecule has 0 heterocycles. The number of carbonyl (C=O) groups is 2. The van der Waals surface area contributed by atoms with E-state index in [-0.39, 0.29) is 0 Å². The maximum atomic E-state index is 10.7. The van der Waals surface area contributed by atoms with Gasteiger partial charge in [0.15, 0.2) is 0 Å². The molecular weight excluding hydrogens is 176 g/mol. The van der Waals surface area contributed by atoms with Crippen molar-refractivity contribution >= 4 is 12.6 Å². The fourth-order valence-corrected chi connectivity index (χ4v) is 1.36. The lowest BCUT2D eigenvalue weighted by molar-refractivity contribution is -0.105. The first kappa shape index (κ1) is 12.8. The first-order valence-corrected chi connectivity index (χ1v) is 4.92. The van der Waals surface area contributed by atoms with Crippen LogP contribution in [-0.4, -0.2) is 12.6 Å². The zero-order chi connectivity index (χ0) is 11.1. The maximum Gasteiger partial charge on any atom is 0.146 e. The molecule has 0 atom stereocenters. The Morgan fingerprint density at radius 2 is 1.14 bits per heavy atom. The number of hydrogen-bond acceptors (Lipinski definition) is 2. The minimum absolute atomic E-state index is 0.711. The third-order valence-electron chi connectivity index (χ3n) is 2.57. The van der Waals surface area contributed by atoms with Crippen LogP contribution in [0, 0.1) is 0 Å². The predicted molar refractivity (Wildman–Crippen MR) is 58.1 cm³/mol. The van der Waals surface area contributed by atoms with Gasteiger partial charge in [-0.05, 0) is 49.0 Å². The highest BCUT2D eigenvalue weighted by molar-refractivity contribution is 5.80. The Labute approximate surface area is 85.7 Å². The third kappa shape index (κ3) is 2.95. The molecule has 0 fully saturated rings. The summed E-state index contributed by atoms with van der Waals surface area (Å²) in [7, 11) is 0. The van der Waals surface area contributed by atoms with Crippen molar-refractivity contribution in [2.45, 2.75) is 40.5 Å². The van der Waals surface area contributed by atoms with Gasteiger partial charge < -0.3 is 0 Å². The first-order chi connectivity index (χ1) is 6.62. The standard InChI is InChI=1S/C12H18O2/c1-5-11(7-13)9(3)10(4)12(6-2)8-14/h7-8H,5-6H2,1-4H3/b11-9+,12-10+. The first-order valence-electron chi connectivity index (χ1n) is 4.92. The number of allylic oxidation sites excluding steroid dienone is 4. The van der Waals surface area contributed by atoms with Crippen molar-refractivity contribution in [3.63, 3.8) is 0 Å². The van der Waals surface area contributed by atoms with Gasteiger partial charge in [-0.25, -0.2) is 0 Å². The van der Waals surface area contributed by atoms with Crippen molar-refractivity contribution in [3.8, 4) is 0 Å². The second-order valence-electron chi connectivity index (χ2n) is 3.24. The average Bonchev–Trinajstić information content (AvgIpc) is 2.21. The summed E-state index contributed by atoms with van der Waals surface area (Å²) >= 11 is 0. The molecule has 2 nitrogen and oxygen atoms in total. The second kappa shape index (κ2) is 6.30. The van der Waals surface area contributed by atoms with Crippen molar-refractivity contribution in [2.24, 2.45) is 0 Å². The molecule has 0 aliphatic heterocycles. The van der Waals surface area contributed by atoms with Crippen LogP contribution in [0.1, 0.15) is 40.5 Å². The van der Waals surface area contributed by atoms with Gasteiger partial charge in [-0.2, -0.15) is 0 Å². The van der Waals surface area contributed by atoms with Gasteiger partial charge in [-0.15, -0.1) is 0 Å². The smallest absolute Gasteiger partial charge is 0.146 e. The number of aldehydes is 2. The Bertz CT molecular complexity index is 253. The van der Waals surface area contributed by atoms with Crippen molar-refractivity contribution in [3.05, 3.63) is 22.3 Å². The molecule has 0 spiro atoms. The van der Waals surface area contributed by atoms with Gasteiger partial charge >= 0.3 is 0 Å². The summed E-state index contributed by atoms with van der Waals surface area (Å²) in [6.07, 6.45) is 3.17. The molecule has 0 aliphatic rings. The van der Waals surface area contributed by atoms with E-state index in [0.29, 0.717) is 12.8 Å². The zero-order valence-corrected chi connectivity index (χ0v) is 9.39. The zero-order valence-electron chi connectivity index (χ0n) is 9.39. The molecule has 0 N–H and O–H groups in total. The molecule has 0 aliphatic carbocycles.